The van der Waals surface area contributed by atoms with E-state index in [-0.39, 0.29) is 23.2 Å². The summed E-state index contributed by atoms with van der Waals surface area (Å²) in [6.07, 6.45) is 0.696. The van der Waals surface area contributed by atoms with E-state index in [1.807, 2.05) is 62.4 Å². The van der Waals surface area contributed by atoms with Gasteiger partial charge in [0.25, 0.3) is 5.91 Å². The number of hydrogen-bond acceptors (Lipinski definition) is 4. The highest BCUT2D eigenvalue weighted by Crippen LogP contribution is 2.34. The number of rotatable bonds is 7. The van der Waals surface area contributed by atoms with Gasteiger partial charge in [-0.05, 0) is 43.2 Å². The molecule has 4 aromatic rings. The molecular formula is C26H24N3O3S-. The second-order valence-electron chi connectivity index (χ2n) is 7.68. The Kier molecular flexibility index (Phi) is 6.82. The van der Waals surface area contributed by atoms with Crippen LogP contribution in [0.15, 0.2) is 84.9 Å². The minimum atomic E-state index is -2.68. The van der Waals surface area contributed by atoms with Crippen LogP contribution in [0, 0.1) is 6.92 Å². The second-order valence-corrected chi connectivity index (χ2v) is 8.47. The van der Waals surface area contributed by atoms with Crippen molar-refractivity contribution in [1.82, 2.24) is 10.3 Å². The molecule has 0 radical (unpaired) electrons. The van der Waals surface area contributed by atoms with Crippen LogP contribution >= 0.6 is 0 Å². The fourth-order valence-electron chi connectivity index (χ4n) is 3.87. The van der Waals surface area contributed by atoms with Crippen LogP contribution in [-0.4, -0.2) is 19.7 Å². The quantitative estimate of drug-likeness (QED) is 0.378. The van der Waals surface area contributed by atoms with E-state index in [9.17, 15) is 13.6 Å². The highest BCUT2D eigenvalue weighted by atomic mass is 32.2. The zero-order valence-corrected chi connectivity index (χ0v) is 19.2. The number of aromatic nitrogens is 1. The average Bonchev–Trinajstić information content (AvgIpc) is 2.83. The maximum Gasteiger partial charge on any atom is 0.253 e. The van der Waals surface area contributed by atoms with Crippen LogP contribution in [-0.2, 0) is 11.3 Å². The average molecular weight is 459 g/mol. The molecule has 0 bridgehead atoms. The van der Waals surface area contributed by atoms with Gasteiger partial charge in [0.15, 0.2) is 0 Å². The van der Waals surface area contributed by atoms with Gasteiger partial charge in [0.2, 0.25) is 0 Å². The van der Waals surface area contributed by atoms with Crippen molar-refractivity contribution in [3.05, 3.63) is 102 Å². The predicted molar refractivity (Wildman–Crippen MR) is 131 cm³/mol. The van der Waals surface area contributed by atoms with Crippen molar-refractivity contribution in [3.8, 4) is 0 Å². The zero-order valence-electron chi connectivity index (χ0n) is 18.4. The molecule has 1 heterocycles. The van der Waals surface area contributed by atoms with E-state index < -0.39 is 11.3 Å². The predicted octanol–water partition coefficient (Wildman–Crippen LogP) is 5.36. The third-order valence-corrected chi connectivity index (χ3v) is 6.18. The first kappa shape index (κ1) is 22.6. The Bertz CT molecular complexity index is 1310. The number of amides is 1. The molecule has 4 rings (SSSR count). The topological polar surface area (TPSA) is 85.4 Å². The van der Waals surface area contributed by atoms with Gasteiger partial charge in [0, 0.05) is 11.1 Å². The van der Waals surface area contributed by atoms with Crippen LogP contribution in [0.2, 0.25) is 0 Å². The summed E-state index contributed by atoms with van der Waals surface area (Å²) >= 11 is -2.68. The molecule has 3 aromatic carbocycles. The molecule has 2 atom stereocenters. The van der Waals surface area contributed by atoms with Gasteiger partial charge in [-0.1, -0.05) is 67.6 Å². The maximum absolute atomic E-state index is 13.3. The van der Waals surface area contributed by atoms with Crippen molar-refractivity contribution < 1.29 is 13.6 Å². The molecule has 0 aliphatic rings. The summed E-state index contributed by atoms with van der Waals surface area (Å²) in [4.78, 5) is 17.9. The van der Waals surface area contributed by atoms with Crippen LogP contribution in [0.25, 0.3) is 10.9 Å². The van der Waals surface area contributed by atoms with Crippen molar-refractivity contribution >= 4 is 39.5 Å². The number of fused-ring (bicyclic) bond motifs is 1. The van der Waals surface area contributed by atoms with Gasteiger partial charge in [-0.2, -0.15) is 0 Å². The lowest BCUT2D eigenvalue weighted by Crippen LogP contribution is -2.30. The Morgan fingerprint density at radius 3 is 2.39 bits per heavy atom. The first-order valence-corrected chi connectivity index (χ1v) is 11.7. The molecule has 6 nitrogen and oxygen atoms in total. The van der Waals surface area contributed by atoms with E-state index in [0.29, 0.717) is 17.6 Å². The summed E-state index contributed by atoms with van der Waals surface area (Å²) in [5, 5.41) is 3.86. The van der Waals surface area contributed by atoms with Gasteiger partial charge >= 0.3 is 0 Å². The minimum absolute atomic E-state index is 0.195. The Morgan fingerprint density at radius 2 is 1.67 bits per heavy atom. The number of carbonyl (C=O) groups is 1. The molecule has 1 N–H and O–H groups in total. The number of nitrogens with zero attached hydrogens (tertiary/aromatic N) is 2. The number of carbonyl (C=O) groups excluding carboxylic acids is 1. The smallest absolute Gasteiger partial charge is 0.253 e. The summed E-state index contributed by atoms with van der Waals surface area (Å²) in [5.41, 5.74) is 3.23. The van der Waals surface area contributed by atoms with Crippen LogP contribution in [0.4, 0.5) is 11.4 Å². The summed E-state index contributed by atoms with van der Waals surface area (Å²) < 4.78 is 26.1. The molecule has 0 fully saturated rings. The highest BCUT2D eigenvalue weighted by Gasteiger charge is 2.22. The van der Waals surface area contributed by atoms with E-state index in [1.165, 1.54) is 0 Å². The lowest BCUT2D eigenvalue weighted by atomic mass is 10.0. The summed E-state index contributed by atoms with van der Waals surface area (Å²) in [5.74, 6) is -0.346. The first-order valence-electron chi connectivity index (χ1n) is 10.7. The number of hydrogen-bond donors (Lipinski definition) is 1. The van der Waals surface area contributed by atoms with Gasteiger partial charge in [-0.15, -0.1) is 0 Å². The highest BCUT2D eigenvalue weighted by molar-refractivity contribution is 7.81. The Balaban J connectivity index is 1.77. The van der Waals surface area contributed by atoms with Crippen LogP contribution in [0.5, 0.6) is 0 Å². The standard InChI is InChI=1S/C26H25N3O3S/c1-3-22(19-10-5-4-6-11-19)28-26(30)21-13-7-8-14-23(21)29(33(31)32)24-15-9-12-20-17-16-18(2)27-25(20)24/h4-17,22H,3H2,1-2H3,(H,28,30)(H,31,32)/p-1. The number of aryl methyl sites for hydroxylation is 1. The van der Waals surface area contributed by atoms with Crippen LogP contribution in [0.1, 0.15) is 41.0 Å². The number of benzene rings is 3. The third kappa shape index (κ3) is 4.79. The van der Waals surface area contributed by atoms with Crippen molar-refractivity contribution in [2.75, 3.05) is 4.31 Å². The monoisotopic (exact) mass is 458 g/mol. The molecule has 1 aromatic heterocycles. The van der Waals surface area contributed by atoms with Crippen molar-refractivity contribution in [2.45, 2.75) is 26.3 Å². The normalized spacial score (nSPS) is 12.8. The van der Waals surface area contributed by atoms with E-state index in [2.05, 4.69) is 10.3 Å². The molecule has 0 aliphatic heterocycles. The molecular weight excluding hydrogens is 434 g/mol. The van der Waals surface area contributed by atoms with E-state index in [4.69, 9.17) is 0 Å². The van der Waals surface area contributed by atoms with Crippen LogP contribution < -0.4 is 9.62 Å². The molecule has 0 saturated carbocycles. The molecule has 0 spiro atoms. The van der Waals surface area contributed by atoms with Gasteiger partial charge in [0.05, 0.1) is 39.8 Å². The van der Waals surface area contributed by atoms with Gasteiger partial charge in [-0.25, -0.2) is 0 Å². The number of para-hydroxylation sites is 2. The molecule has 33 heavy (non-hydrogen) atoms. The Hall–Kier alpha value is -3.55. The molecule has 0 saturated heterocycles. The summed E-state index contributed by atoms with van der Waals surface area (Å²) in [6, 6.07) is 25.3. The van der Waals surface area contributed by atoms with E-state index in [1.54, 1.807) is 36.4 Å². The number of pyridine rings is 1. The van der Waals surface area contributed by atoms with Gasteiger partial charge in [-0.3, -0.25) is 18.3 Å². The lowest BCUT2D eigenvalue weighted by molar-refractivity contribution is 0.0936. The SMILES string of the molecule is CCC(NC(=O)c1ccccc1N(c1cccc2ccc(C)nc12)S(=O)[O-])c1ccccc1. The number of nitrogens with one attached hydrogen (secondary N) is 1. The van der Waals surface area contributed by atoms with Gasteiger partial charge < -0.3 is 9.87 Å². The molecule has 168 valence electrons. The molecule has 1 amide bonds. The van der Waals surface area contributed by atoms with Crippen molar-refractivity contribution in [2.24, 2.45) is 0 Å². The largest absolute Gasteiger partial charge is 0.755 e. The third-order valence-electron chi connectivity index (χ3n) is 5.49. The maximum atomic E-state index is 13.3. The zero-order chi connectivity index (χ0) is 23.4. The first-order chi connectivity index (χ1) is 16.0. The van der Waals surface area contributed by atoms with Gasteiger partial charge in [0.1, 0.15) is 0 Å². The van der Waals surface area contributed by atoms with Crippen molar-refractivity contribution in [1.29, 1.82) is 0 Å². The Labute approximate surface area is 195 Å². The van der Waals surface area contributed by atoms with Crippen molar-refractivity contribution in [3.63, 3.8) is 0 Å². The molecule has 7 heteroatoms. The molecule has 2 unspecified atom stereocenters. The Morgan fingerprint density at radius 1 is 0.970 bits per heavy atom. The molecule has 0 aliphatic carbocycles. The lowest BCUT2D eigenvalue weighted by Gasteiger charge is -2.29. The number of anilines is 2. The fourth-order valence-corrected chi connectivity index (χ4v) is 4.50. The van der Waals surface area contributed by atoms with E-state index >= 15 is 0 Å². The fraction of sp³-hybridized carbons (Fsp3) is 0.154. The summed E-state index contributed by atoms with van der Waals surface area (Å²) in [6.45, 7) is 3.84. The minimum Gasteiger partial charge on any atom is -0.755 e. The van der Waals surface area contributed by atoms with Crippen LogP contribution in [0.3, 0.4) is 0 Å². The van der Waals surface area contributed by atoms with E-state index in [0.717, 1.165) is 20.9 Å². The summed E-state index contributed by atoms with van der Waals surface area (Å²) in [7, 11) is 0. The second kappa shape index (κ2) is 9.94.